The summed E-state index contributed by atoms with van der Waals surface area (Å²) in [4.78, 5) is 2.21. The molecule has 0 fully saturated rings. The Labute approximate surface area is 160 Å². The van der Waals surface area contributed by atoms with E-state index in [1.807, 2.05) is 13.8 Å². The van der Waals surface area contributed by atoms with Crippen LogP contribution in [0.3, 0.4) is 0 Å². The molecule has 1 unspecified atom stereocenters. The van der Waals surface area contributed by atoms with Gasteiger partial charge >= 0.3 is 0 Å². The smallest absolute Gasteiger partial charge is 0.141 e. The van der Waals surface area contributed by atoms with Gasteiger partial charge in [0.15, 0.2) is 0 Å². The van der Waals surface area contributed by atoms with E-state index in [0.717, 1.165) is 32.1 Å². The highest BCUT2D eigenvalue weighted by atomic mass is 19.1. The van der Waals surface area contributed by atoms with Crippen LogP contribution in [0.15, 0.2) is 42.9 Å². The van der Waals surface area contributed by atoms with Crippen LogP contribution in [0.25, 0.3) is 5.57 Å². The predicted molar refractivity (Wildman–Crippen MR) is 112 cm³/mol. The molecule has 2 rings (SSSR count). The summed E-state index contributed by atoms with van der Waals surface area (Å²) in [6, 6.07) is 9.18. The van der Waals surface area contributed by atoms with E-state index < -0.39 is 5.54 Å². The summed E-state index contributed by atoms with van der Waals surface area (Å²) >= 11 is 0. The molecule has 0 bridgehead atoms. The zero-order valence-corrected chi connectivity index (χ0v) is 17.2. The van der Waals surface area contributed by atoms with Gasteiger partial charge in [-0.3, -0.25) is 0 Å². The van der Waals surface area contributed by atoms with Gasteiger partial charge in [-0.15, -0.1) is 0 Å². The summed E-state index contributed by atoms with van der Waals surface area (Å²) in [6.07, 6.45) is 10.9. The lowest BCUT2D eigenvalue weighted by atomic mass is 9.89. The number of hydrogen-bond acceptors (Lipinski definition) is 1. The number of allylic oxidation sites excluding steroid dienone is 1. The predicted octanol–water partition coefficient (Wildman–Crippen LogP) is 7.29. The zero-order chi connectivity index (χ0) is 19.2. The highest BCUT2D eigenvalue weighted by Gasteiger charge is 2.41. The van der Waals surface area contributed by atoms with Crippen molar-refractivity contribution >= 4 is 5.57 Å². The molecule has 0 saturated heterocycles. The average Bonchev–Trinajstić information content (AvgIpc) is 2.64. The molecular formula is C24H36FN. The number of hydrogen-bond donors (Lipinski definition) is 0. The maximum absolute atomic E-state index is 13.6. The first-order valence-electron chi connectivity index (χ1n) is 10.3. The summed E-state index contributed by atoms with van der Waals surface area (Å²) in [5.41, 5.74) is 3.65. The minimum Gasteiger partial charge on any atom is -0.361 e. The van der Waals surface area contributed by atoms with Gasteiger partial charge in [0.1, 0.15) is 5.83 Å². The van der Waals surface area contributed by atoms with Crippen LogP contribution < -0.4 is 0 Å². The fourth-order valence-corrected chi connectivity index (χ4v) is 3.99. The van der Waals surface area contributed by atoms with E-state index in [-0.39, 0.29) is 5.83 Å². The summed E-state index contributed by atoms with van der Waals surface area (Å²) in [7, 11) is 0. The summed E-state index contributed by atoms with van der Waals surface area (Å²) < 4.78 is 13.6. The molecule has 26 heavy (non-hydrogen) atoms. The van der Waals surface area contributed by atoms with Gasteiger partial charge in [-0.05, 0) is 62.7 Å². The zero-order valence-electron chi connectivity index (χ0n) is 17.2. The van der Waals surface area contributed by atoms with Crippen LogP contribution in [0, 0.1) is 0 Å². The van der Waals surface area contributed by atoms with Crippen LogP contribution in [0.1, 0.15) is 83.8 Å². The van der Waals surface area contributed by atoms with Gasteiger partial charge in [-0.1, -0.05) is 64.0 Å². The Morgan fingerprint density at radius 1 is 1.15 bits per heavy atom. The quantitative estimate of drug-likeness (QED) is 0.376. The number of halogens is 1. The van der Waals surface area contributed by atoms with E-state index in [4.69, 9.17) is 0 Å². The van der Waals surface area contributed by atoms with Crippen molar-refractivity contribution in [2.45, 2.75) is 90.6 Å². The van der Waals surface area contributed by atoms with Gasteiger partial charge < -0.3 is 4.90 Å². The first-order chi connectivity index (χ1) is 12.4. The number of benzene rings is 1. The van der Waals surface area contributed by atoms with Crippen molar-refractivity contribution in [2.75, 3.05) is 0 Å². The molecule has 0 aromatic heterocycles. The van der Waals surface area contributed by atoms with Crippen LogP contribution in [-0.4, -0.2) is 16.5 Å². The Morgan fingerprint density at radius 2 is 1.88 bits per heavy atom. The average molecular weight is 358 g/mol. The minimum absolute atomic E-state index is 0.0138. The first-order valence-corrected chi connectivity index (χ1v) is 10.3. The van der Waals surface area contributed by atoms with E-state index in [2.05, 4.69) is 49.6 Å². The van der Waals surface area contributed by atoms with Crippen molar-refractivity contribution in [1.29, 1.82) is 0 Å². The first kappa shape index (κ1) is 20.7. The van der Waals surface area contributed by atoms with Gasteiger partial charge in [0.25, 0.3) is 0 Å². The van der Waals surface area contributed by atoms with Crippen LogP contribution >= 0.6 is 0 Å². The Hall–Kier alpha value is -1.57. The Balaban J connectivity index is 1.78. The van der Waals surface area contributed by atoms with E-state index in [0.29, 0.717) is 6.04 Å². The third-order valence-corrected chi connectivity index (χ3v) is 5.78. The lowest BCUT2D eigenvalue weighted by molar-refractivity contribution is 0.0757. The van der Waals surface area contributed by atoms with Crippen LogP contribution in [0.5, 0.6) is 0 Å². The summed E-state index contributed by atoms with van der Waals surface area (Å²) in [5, 5.41) is 0. The molecule has 1 heterocycles. The van der Waals surface area contributed by atoms with E-state index in [1.165, 1.54) is 36.0 Å². The van der Waals surface area contributed by atoms with Gasteiger partial charge in [0, 0.05) is 12.2 Å². The Morgan fingerprint density at radius 3 is 2.50 bits per heavy atom. The molecule has 0 N–H and O–H groups in total. The number of nitrogens with zero attached hydrogens (tertiary/aromatic N) is 1. The number of aryl methyl sites for hydroxylation is 1. The topological polar surface area (TPSA) is 3.24 Å². The van der Waals surface area contributed by atoms with E-state index in [1.54, 1.807) is 6.20 Å². The fraction of sp³-hybridized carbons (Fsp3) is 0.583. The molecule has 144 valence electrons. The molecule has 1 aromatic carbocycles. The van der Waals surface area contributed by atoms with Crippen molar-refractivity contribution in [3.8, 4) is 0 Å². The molecule has 0 saturated carbocycles. The second-order valence-electron chi connectivity index (χ2n) is 8.12. The van der Waals surface area contributed by atoms with Crippen LogP contribution in [0.4, 0.5) is 4.39 Å². The SMILES string of the molecule is C=C(CCC)c1ccccc1CCCCCC(CC)N1C=C(F)C1(C)C. The molecule has 0 amide bonds. The fourth-order valence-electron chi connectivity index (χ4n) is 3.99. The van der Waals surface area contributed by atoms with Gasteiger partial charge in [-0.25, -0.2) is 4.39 Å². The molecule has 1 aromatic rings. The normalized spacial score (nSPS) is 16.8. The summed E-state index contributed by atoms with van der Waals surface area (Å²) in [6.45, 7) is 12.6. The second-order valence-corrected chi connectivity index (χ2v) is 8.12. The molecule has 1 aliphatic heterocycles. The standard InChI is InChI=1S/C24H36FN/c1-6-13-19(3)22-17-12-11-15-20(22)14-9-8-10-16-21(7-2)26-18-23(25)24(26,4)5/h11-12,15,17-18,21H,3,6-10,13-14,16H2,1-2,4-5H3. The minimum atomic E-state index is -0.404. The van der Waals surface area contributed by atoms with Crippen molar-refractivity contribution < 1.29 is 4.39 Å². The molecule has 1 aliphatic rings. The van der Waals surface area contributed by atoms with Gasteiger partial charge in [0.05, 0.1) is 5.54 Å². The van der Waals surface area contributed by atoms with Crippen molar-refractivity contribution in [3.63, 3.8) is 0 Å². The highest BCUT2D eigenvalue weighted by Crippen LogP contribution is 2.38. The maximum Gasteiger partial charge on any atom is 0.141 e. The van der Waals surface area contributed by atoms with Crippen molar-refractivity contribution in [3.05, 3.63) is 54.0 Å². The number of rotatable bonds is 11. The monoisotopic (exact) mass is 357 g/mol. The molecule has 1 nitrogen and oxygen atoms in total. The molecule has 0 spiro atoms. The molecule has 0 radical (unpaired) electrons. The van der Waals surface area contributed by atoms with E-state index in [9.17, 15) is 4.39 Å². The second kappa shape index (κ2) is 9.39. The molecule has 1 atom stereocenters. The Bertz CT molecular complexity index is 629. The van der Waals surface area contributed by atoms with E-state index >= 15 is 0 Å². The largest absolute Gasteiger partial charge is 0.361 e. The lowest BCUT2D eigenvalue weighted by Crippen LogP contribution is -2.53. The number of unbranched alkanes of at least 4 members (excludes halogenated alkanes) is 2. The van der Waals surface area contributed by atoms with Gasteiger partial charge in [-0.2, -0.15) is 0 Å². The summed E-state index contributed by atoms with van der Waals surface area (Å²) in [5.74, 6) is 0.0138. The van der Waals surface area contributed by atoms with Crippen LogP contribution in [-0.2, 0) is 6.42 Å². The molecular weight excluding hydrogens is 321 g/mol. The highest BCUT2D eigenvalue weighted by molar-refractivity contribution is 5.66. The maximum atomic E-state index is 13.6. The Kier molecular flexibility index (Phi) is 7.49. The third-order valence-electron chi connectivity index (χ3n) is 5.78. The molecule has 2 heteroatoms. The van der Waals surface area contributed by atoms with Crippen LogP contribution in [0.2, 0.25) is 0 Å². The lowest BCUT2D eigenvalue weighted by Gasteiger charge is -2.49. The molecule has 0 aliphatic carbocycles. The van der Waals surface area contributed by atoms with Gasteiger partial charge in [0.2, 0.25) is 0 Å². The third kappa shape index (κ3) is 4.78. The van der Waals surface area contributed by atoms with Crippen molar-refractivity contribution in [1.82, 2.24) is 4.90 Å². The van der Waals surface area contributed by atoms with Crippen molar-refractivity contribution in [2.24, 2.45) is 0 Å².